The molecule has 2 heterocycles. The zero-order valence-corrected chi connectivity index (χ0v) is 22.3. The lowest BCUT2D eigenvalue weighted by Gasteiger charge is -2.24. The SMILES string of the molecule is O=C1N[C@H](c2ccc(OCCO)cc2)C(=O)N1[C@@H](Cc1ccccc1)c1ncc(-c2ccc(I)cc2F)[nH]1. The molecule has 8 nitrogen and oxygen atoms in total. The molecule has 0 unspecified atom stereocenters. The molecular weight excluding hydrogens is 602 g/mol. The standard InChI is InChI=1S/C28H24FIN4O4/c29-22-15-19(30)8-11-21(22)23-16-31-26(32-23)24(14-17-4-2-1-3-5-17)34-27(36)25(33-28(34)37)18-6-9-20(10-7-18)38-13-12-35/h1-11,15-16,24-25,35H,12-14H2,(H,31,32)(H,33,37)/t24-,25+/m0/s1. The minimum atomic E-state index is -0.879. The molecule has 4 aromatic rings. The maximum Gasteiger partial charge on any atom is 0.325 e. The van der Waals surface area contributed by atoms with Gasteiger partial charge in [0.05, 0.1) is 18.5 Å². The lowest BCUT2D eigenvalue weighted by atomic mass is 10.0. The van der Waals surface area contributed by atoms with Crippen LogP contribution in [0.25, 0.3) is 11.3 Å². The Balaban J connectivity index is 1.46. The second-order valence-electron chi connectivity index (χ2n) is 8.74. The van der Waals surface area contributed by atoms with Gasteiger partial charge in [0.1, 0.15) is 36.1 Å². The van der Waals surface area contributed by atoms with Crippen LogP contribution in [-0.4, -0.2) is 45.1 Å². The first-order valence-electron chi connectivity index (χ1n) is 12.0. The van der Waals surface area contributed by atoms with E-state index in [2.05, 4.69) is 15.3 Å². The van der Waals surface area contributed by atoms with Crippen molar-refractivity contribution >= 4 is 34.5 Å². The number of amides is 3. The number of aromatic amines is 1. The highest BCUT2D eigenvalue weighted by atomic mass is 127. The molecular formula is C28H24FIN4O4. The molecule has 1 fully saturated rings. The molecule has 3 N–H and O–H groups in total. The van der Waals surface area contributed by atoms with E-state index in [4.69, 9.17) is 9.84 Å². The van der Waals surface area contributed by atoms with Gasteiger partial charge >= 0.3 is 6.03 Å². The Kier molecular flexibility index (Phi) is 7.70. The number of rotatable bonds is 9. The number of ether oxygens (including phenoxy) is 1. The number of carbonyl (C=O) groups excluding carboxylic acids is 2. The molecule has 3 amide bonds. The summed E-state index contributed by atoms with van der Waals surface area (Å²) >= 11 is 2.04. The average molecular weight is 626 g/mol. The van der Waals surface area contributed by atoms with Crippen LogP contribution in [0, 0.1) is 9.39 Å². The third-order valence-corrected chi connectivity index (χ3v) is 6.93. The fraction of sp³-hybridized carbons (Fsp3) is 0.179. The van der Waals surface area contributed by atoms with Crippen molar-refractivity contribution in [3.8, 4) is 17.0 Å². The highest BCUT2D eigenvalue weighted by Crippen LogP contribution is 2.33. The summed E-state index contributed by atoms with van der Waals surface area (Å²) in [5.41, 5.74) is 2.31. The van der Waals surface area contributed by atoms with Crippen molar-refractivity contribution in [2.24, 2.45) is 0 Å². The topological polar surface area (TPSA) is 108 Å². The minimum Gasteiger partial charge on any atom is -0.491 e. The number of urea groups is 1. The number of nitrogens with one attached hydrogen (secondary N) is 2. The summed E-state index contributed by atoms with van der Waals surface area (Å²) in [4.78, 5) is 35.6. The van der Waals surface area contributed by atoms with Crippen molar-refractivity contribution in [1.29, 1.82) is 0 Å². The third-order valence-electron chi connectivity index (χ3n) is 6.26. The van der Waals surface area contributed by atoms with Gasteiger partial charge in [-0.25, -0.2) is 14.2 Å². The van der Waals surface area contributed by atoms with Gasteiger partial charge in [-0.1, -0.05) is 42.5 Å². The summed E-state index contributed by atoms with van der Waals surface area (Å²) in [7, 11) is 0. The highest BCUT2D eigenvalue weighted by molar-refractivity contribution is 14.1. The Morgan fingerprint density at radius 3 is 2.55 bits per heavy atom. The summed E-state index contributed by atoms with van der Waals surface area (Å²) in [5, 5.41) is 11.7. The predicted molar refractivity (Wildman–Crippen MR) is 147 cm³/mol. The number of hydrogen-bond acceptors (Lipinski definition) is 5. The van der Waals surface area contributed by atoms with E-state index in [-0.39, 0.29) is 13.2 Å². The fourth-order valence-corrected chi connectivity index (χ4v) is 4.89. The van der Waals surface area contributed by atoms with E-state index in [1.54, 1.807) is 36.4 Å². The number of nitrogens with zero attached hydrogens (tertiary/aromatic N) is 2. The Hall–Kier alpha value is -3.77. The fourth-order valence-electron chi connectivity index (χ4n) is 4.43. The normalized spacial score (nSPS) is 16.0. The number of imidazole rings is 1. The van der Waals surface area contributed by atoms with Crippen molar-refractivity contribution in [2.75, 3.05) is 13.2 Å². The number of hydrogen-bond donors (Lipinski definition) is 3. The molecule has 1 aromatic heterocycles. The first-order valence-corrected chi connectivity index (χ1v) is 13.0. The van der Waals surface area contributed by atoms with Crippen LogP contribution < -0.4 is 10.1 Å². The Bertz CT molecular complexity index is 1450. The second-order valence-corrected chi connectivity index (χ2v) is 9.99. The molecule has 1 saturated heterocycles. The zero-order chi connectivity index (χ0) is 26.6. The van der Waals surface area contributed by atoms with Gasteiger partial charge in [0.25, 0.3) is 5.91 Å². The van der Waals surface area contributed by atoms with E-state index in [9.17, 15) is 14.0 Å². The predicted octanol–water partition coefficient (Wildman–Crippen LogP) is 4.77. The van der Waals surface area contributed by atoms with Crippen LogP contribution in [0.15, 0.2) is 79.0 Å². The molecule has 0 aliphatic carbocycles. The maximum atomic E-state index is 14.7. The first kappa shape index (κ1) is 25.9. The molecule has 0 radical (unpaired) electrons. The van der Waals surface area contributed by atoms with Gasteiger partial charge in [-0.15, -0.1) is 0 Å². The summed E-state index contributed by atoms with van der Waals surface area (Å²) < 4.78 is 20.8. The quantitative estimate of drug-likeness (QED) is 0.183. The zero-order valence-electron chi connectivity index (χ0n) is 20.1. The van der Waals surface area contributed by atoms with Crippen LogP contribution in [0.3, 0.4) is 0 Å². The molecule has 1 aliphatic heterocycles. The van der Waals surface area contributed by atoms with E-state index in [1.165, 1.54) is 17.2 Å². The minimum absolute atomic E-state index is 0.110. The number of benzene rings is 3. The number of aromatic nitrogens is 2. The summed E-state index contributed by atoms with van der Waals surface area (Å²) in [6.07, 6.45) is 1.84. The number of halogens is 2. The number of imide groups is 1. The van der Waals surface area contributed by atoms with Crippen molar-refractivity contribution in [1.82, 2.24) is 20.2 Å². The first-order chi connectivity index (χ1) is 18.4. The number of H-pyrrole nitrogens is 1. The van der Waals surface area contributed by atoms with E-state index in [1.807, 2.05) is 52.9 Å². The molecule has 5 rings (SSSR count). The van der Waals surface area contributed by atoms with Crippen LogP contribution in [0.4, 0.5) is 9.18 Å². The van der Waals surface area contributed by atoms with E-state index in [0.717, 1.165) is 9.13 Å². The van der Waals surface area contributed by atoms with E-state index < -0.39 is 29.8 Å². The summed E-state index contributed by atoms with van der Waals surface area (Å²) in [6.45, 7) is 0.0476. The number of carbonyl (C=O) groups is 2. The van der Waals surface area contributed by atoms with E-state index in [0.29, 0.717) is 34.8 Å². The monoisotopic (exact) mass is 626 g/mol. The number of aliphatic hydroxyl groups is 1. The van der Waals surface area contributed by atoms with Crippen LogP contribution >= 0.6 is 22.6 Å². The molecule has 194 valence electrons. The van der Waals surface area contributed by atoms with Gasteiger partial charge in [-0.05, 0) is 64.0 Å². The molecule has 3 aromatic carbocycles. The van der Waals surface area contributed by atoms with E-state index >= 15 is 0 Å². The highest BCUT2D eigenvalue weighted by Gasteiger charge is 2.44. The van der Waals surface area contributed by atoms with Crippen LogP contribution in [0.1, 0.15) is 29.0 Å². The Morgan fingerprint density at radius 1 is 1.08 bits per heavy atom. The molecule has 10 heteroatoms. The van der Waals surface area contributed by atoms with Crippen molar-refractivity contribution in [2.45, 2.75) is 18.5 Å². The van der Waals surface area contributed by atoms with Crippen molar-refractivity contribution in [3.05, 3.63) is 105 Å². The van der Waals surface area contributed by atoms with Crippen LogP contribution in [-0.2, 0) is 11.2 Å². The Morgan fingerprint density at radius 2 is 1.84 bits per heavy atom. The van der Waals surface area contributed by atoms with Gasteiger partial charge < -0.3 is 20.1 Å². The van der Waals surface area contributed by atoms with Gasteiger partial charge in [-0.2, -0.15) is 0 Å². The van der Waals surface area contributed by atoms with Gasteiger partial charge in [-0.3, -0.25) is 9.69 Å². The molecule has 0 saturated carbocycles. The third kappa shape index (κ3) is 5.41. The average Bonchev–Trinajstić information content (AvgIpc) is 3.51. The smallest absolute Gasteiger partial charge is 0.325 e. The largest absolute Gasteiger partial charge is 0.491 e. The maximum absolute atomic E-state index is 14.7. The summed E-state index contributed by atoms with van der Waals surface area (Å²) in [6, 6.07) is 19.0. The molecule has 0 spiro atoms. The van der Waals surface area contributed by atoms with Crippen LogP contribution in [0.5, 0.6) is 5.75 Å². The second kappa shape index (κ2) is 11.3. The lowest BCUT2D eigenvalue weighted by Crippen LogP contribution is -2.36. The lowest BCUT2D eigenvalue weighted by molar-refractivity contribution is -0.129. The van der Waals surface area contributed by atoms with Gasteiger partial charge in [0.2, 0.25) is 0 Å². The molecule has 2 atom stereocenters. The number of aliphatic hydroxyl groups excluding tert-OH is 1. The van der Waals surface area contributed by atoms with Crippen LogP contribution in [0.2, 0.25) is 0 Å². The molecule has 38 heavy (non-hydrogen) atoms. The molecule has 0 bridgehead atoms. The van der Waals surface area contributed by atoms with Crippen molar-refractivity contribution < 1.29 is 23.8 Å². The molecule has 1 aliphatic rings. The Labute approximate surface area is 232 Å². The van der Waals surface area contributed by atoms with Gasteiger partial charge in [0, 0.05) is 15.6 Å². The van der Waals surface area contributed by atoms with Gasteiger partial charge in [0.15, 0.2) is 0 Å². The van der Waals surface area contributed by atoms with Crippen molar-refractivity contribution in [3.63, 3.8) is 0 Å². The summed E-state index contributed by atoms with van der Waals surface area (Å²) in [5.74, 6) is 0.106.